The third-order valence-electron chi connectivity index (χ3n) is 5.86. The van der Waals surface area contributed by atoms with Crippen molar-refractivity contribution in [1.82, 2.24) is 4.98 Å². The fourth-order valence-corrected chi connectivity index (χ4v) is 5.25. The first kappa shape index (κ1) is 26.8. The number of rotatable bonds is 9. The van der Waals surface area contributed by atoms with Crippen molar-refractivity contribution in [2.24, 2.45) is 0 Å². The molecule has 0 unspecified atom stereocenters. The van der Waals surface area contributed by atoms with Gasteiger partial charge in [-0.05, 0) is 42.0 Å². The summed E-state index contributed by atoms with van der Waals surface area (Å²) >= 11 is 0. The molecule has 2 heterocycles. The van der Waals surface area contributed by atoms with E-state index in [2.05, 4.69) is 0 Å². The number of benzene rings is 1. The van der Waals surface area contributed by atoms with Crippen LogP contribution in [0, 0.1) is 5.82 Å². The van der Waals surface area contributed by atoms with E-state index in [1.54, 1.807) is 18.2 Å². The average molecular weight is 507 g/mol. The van der Waals surface area contributed by atoms with E-state index in [0.29, 0.717) is 47.6 Å². The summed E-state index contributed by atoms with van der Waals surface area (Å²) in [5, 5.41) is 29.1. The number of fused-ring (bicyclic) bond motifs is 1. The highest BCUT2D eigenvalue weighted by Crippen LogP contribution is 2.41. The maximum atomic E-state index is 13.7. The molecule has 2 atom stereocenters. The normalized spacial score (nSPS) is 15.9. The summed E-state index contributed by atoms with van der Waals surface area (Å²) in [5.41, 5.74) is 3.38. The Labute approximate surface area is 204 Å². The summed E-state index contributed by atoms with van der Waals surface area (Å²) in [7, 11) is -3.57. The number of carboxylic acid groups (broad SMARTS) is 1. The molecule has 0 aliphatic carbocycles. The summed E-state index contributed by atoms with van der Waals surface area (Å²) < 4.78 is 40.1. The number of aliphatic hydroxyl groups excluding tert-OH is 2. The van der Waals surface area contributed by atoms with Crippen LogP contribution in [0.4, 0.5) is 10.2 Å². The van der Waals surface area contributed by atoms with Gasteiger partial charge in [0.2, 0.25) is 10.0 Å². The SMILES string of the molecule is CC(C)c1nc2c(c(-c3ccc(F)cc3)c1C=C[C@H](O)C[C@@H](O)CC(=O)O)CCCN2S(C)(=O)=O. The van der Waals surface area contributed by atoms with Gasteiger partial charge in [-0.3, -0.25) is 9.10 Å². The Morgan fingerprint density at radius 1 is 1.23 bits per heavy atom. The summed E-state index contributed by atoms with van der Waals surface area (Å²) in [4.78, 5) is 15.6. The van der Waals surface area contributed by atoms with Gasteiger partial charge in [0.15, 0.2) is 0 Å². The van der Waals surface area contributed by atoms with Crippen LogP contribution in [0.3, 0.4) is 0 Å². The second kappa shape index (κ2) is 10.8. The van der Waals surface area contributed by atoms with Crippen molar-refractivity contribution in [1.29, 1.82) is 0 Å². The Morgan fingerprint density at radius 3 is 2.46 bits per heavy atom. The van der Waals surface area contributed by atoms with Crippen LogP contribution in [0.25, 0.3) is 17.2 Å². The highest BCUT2D eigenvalue weighted by atomic mass is 32.2. The summed E-state index contributed by atoms with van der Waals surface area (Å²) in [5.74, 6) is -1.32. The zero-order valence-corrected chi connectivity index (χ0v) is 20.8. The predicted octanol–water partition coefficient (Wildman–Crippen LogP) is 3.32. The van der Waals surface area contributed by atoms with Crippen molar-refractivity contribution >= 4 is 27.9 Å². The third-order valence-corrected chi connectivity index (χ3v) is 7.01. The van der Waals surface area contributed by atoms with E-state index < -0.39 is 40.4 Å². The predicted molar refractivity (Wildman–Crippen MR) is 132 cm³/mol. The quantitative estimate of drug-likeness (QED) is 0.476. The Kier molecular flexibility index (Phi) is 8.30. The molecule has 0 fully saturated rings. The molecule has 8 nitrogen and oxygen atoms in total. The van der Waals surface area contributed by atoms with Gasteiger partial charge in [0.1, 0.15) is 11.6 Å². The number of anilines is 1. The topological polar surface area (TPSA) is 128 Å². The van der Waals surface area contributed by atoms with Gasteiger partial charge in [-0.25, -0.2) is 17.8 Å². The van der Waals surface area contributed by atoms with Gasteiger partial charge in [0, 0.05) is 24.1 Å². The van der Waals surface area contributed by atoms with Crippen LogP contribution in [0.5, 0.6) is 0 Å². The van der Waals surface area contributed by atoms with E-state index in [9.17, 15) is 27.8 Å². The molecule has 1 aliphatic rings. The molecule has 35 heavy (non-hydrogen) atoms. The minimum atomic E-state index is -3.57. The summed E-state index contributed by atoms with van der Waals surface area (Å²) in [6.07, 6.45) is 2.46. The van der Waals surface area contributed by atoms with Crippen LogP contribution in [-0.2, 0) is 21.2 Å². The fraction of sp³-hybridized carbons (Fsp3) is 0.440. The van der Waals surface area contributed by atoms with Gasteiger partial charge in [0.05, 0.1) is 30.6 Å². The molecular formula is C25H31FN2O6S. The van der Waals surface area contributed by atoms with E-state index in [-0.39, 0.29) is 12.3 Å². The van der Waals surface area contributed by atoms with Crippen LogP contribution in [0.15, 0.2) is 30.3 Å². The number of aromatic nitrogens is 1. The first-order chi connectivity index (χ1) is 16.4. The molecular weight excluding hydrogens is 475 g/mol. The number of carbonyl (C=O) groups is 1. The number of hydrogen-bond acceptors (Lipinski definition) is 6. The number of sulfonamides is 1. The van der Waals surface area contributed by atoms with Crippen LogP contribution in [0.1, 0.15) is 55.8 Å². The summed E-state index contributed by atoms with van der Waals surface area (Å²) in [6.45, 7) is 4.15. The Bertz CT molecular complexity index is 1210. The van der Waals surface area contributed by atoms with Gasteiger partial charge >= 0.3 is 5.97 Å². The molecule has 1 aromatic heterocycles. The van der Waals surface area contributed by atoms with Crippen molar-refractivity contribution in [3.8, 4) is 11.1 Å². The van der Waals surface area contributed by atoms with Crippen molar-refractivity contribution in [3.05, 3.63) is 53.0 Å². The largest absolute Gasteiger partial charge is 0.481 e. The van der Waals surface area contributed by atoms with Crippen LogP contribution < -0.4 is 4.31 Å². The number of aliphatic hydroxyl groups is 2. The first-order valence-corrected chi connectivity index (χ1v) is 13.3. The fourth-order valence-electron chi connectivity index (χ4n) is 4.32. The molecule has 10 heteroatoms. The zero-order chi connectivity index (χ0) is 25.9. The van der Waals surface area contributed by atoms with E-state index in [1.165, 1.54) is 22.5 Å². The number of nitrogens with zero attached hydrogens (tertiary/aromatic N) is 2. The van der Waals surface area contributed by atoms with E-state index >= 15 is 0 Å². The Morgan fingerprint density at radius 2 is 1.89 bits per heavy atom. The lowest BCUT2D eigenvalue weighted by Gasteiger charge is -2.32. The lowest BCUT2D eigenvalue weighted by atomic mass is 9.87. The summed E-state index contributed by atoms with van der Waals surface area (Å²) in [6, 6.07) is 5.91. The second-order valence-electron chi connectivity index (χ2n) is 9.10. The molecule has 0 amide bonds. The standard InChI is InChI=1S/C25H31FN2O6S/c1-15(2)24-20(11-10-18(29)13-19(30)14-22(31)32)23(16-6-8-17(26)9-7-16)21-5-4-12-28(25(21)27-24)35(3,33)34/h6-11,15,18-19,29-30H,4-5,12-14H2,1-3H3,(H,31,32)/t18-,19+/m0/s1. The Balaban J connectivity index is 2.20. The van der Waals surface area contributed by atoms with E-state index in [1.807, 2.05) is 13.8 Å². The molecule has 1 aliphatic heterocycles. The number of carboxylic acids is 1. The van der Waals surface area contributed by atoms with Gasteiger partial charge in [-0.2, -0.15) is 0 Å². The average Bonchev–Trinajstić information content (AvgIpc) is 2.75. The maximum Gasteiger partial charge on any atom is 0.305 e. The zero-order valence-electron chi connectivity index (χ0n) is 20.0. The Hall–Kier alpha value is -2.82. The molecule has 190 valence electrons. The molecule has 1 aromatic carbocycles. The van der Waals surface area contributed by atoms with Crippen molar-refractivity contribution < 1.29 is 32.9 Å². The third kappa shape index (κ3) is 6.45. The molecule has 0 bridgehead atoms. The second-order valence-corrected chi connectivity index (χ2v) is 11.0. The molecule has 2 aromatic rings. The maximum absolute atomic E-state index is 13.7. The van der Waals surface area contributed by atoms with Crippen LogP contribution >= 0.6 is 0 Å². The number of aliphatic carboxylic acids is 1. The van der Waals surface area contributed by atoms with Crippen molar-refractivity contribution in [3.63, 3.8) is 0 Å². The van der Waals surface area contributed by atoms with Crippen LogP contribution in [-0.4, -0.2) is 59.7 Å². The minimum Gasteiger partial charge on any atom is -0.481 e. The molecule has 0 spiro atoms. The first-order valence-electron chi connectivity index (χ1n) is 11.4. The highest BCUT2D eigenvalue weighted by molar-refractivity contribution is 7.92. The monoisotopic (exact) mass is 506 g/mol. The van der Waals surface area contributed by atoms with Crippen molar-refractivity contribution in [2.45, 2.75) is 57.7 Å². The number of hydrogen-bond donors (Lipinski definition) is 3. The van der Waals surface area contributed by atoms with E-state index in [4.69, 9.17) is 10.1 Å². The van der Waals surface area contributed by atoms with E-state index in [0.717, 1.165) is 11.8 Å². The minimum absolute atomic E-state index is 0.114. The lowest BCUT2D eigenvalue weighted by molar-refractivity contribution is -0.139. The molecule has 0 saturated carbocycles. The molecule has 3 N–H and O–H groups in total. The highest BCUT2D eigenvalue weighted by Gasteiger charge is 2.31. The smallest absolute Gasteiger partial charge is 0.305 e. The number of pyridine rings is 1. The van der Waals surface area contributed by atoms with Gasteiger partial charge in [0.25, 0.3) is 0 Å². The van der Waals surface area contributed by atoms with Gasteiger partial charge in [-0.15, -0.1) is 0 Å². The van der Waals surface area contributed by atoms with Crippen LogP contribution in [0.2, 0.25) is 0 Å². The molecule has 0 radical (unpaired) electrons. The van der Waals surface area contributed by atoms with Gasteiger partial charge in [-0.1, -0.05) is 38.1 Å². The molecule has 0 saturated heterocycles. The van der Waals surface area contributed by atoms with Gasteiger partial charge < -0.3 is 15.3 Å². The lowest BCUT2D eigenvalue weighted by Crippen LogP contribution is -2.36. The van der Waals surface area contributed by atoms with Crippen molar-refractivity contribution in [2.75, 3.05) is 17.1 Å². The number of halogens is 1. The molecule has 3 rings (SSSR count).